The van der Waals surface area contributed by atoms with Gasteiger partial charge in [-0.25, -0.2) is 0 Å². The summed E-state index contributed by atoms with van der Waals surface area (Å²) in [6.45, 7) is 2.73. The molecular formula is C20H21N3O3. The Morgan fingerprint density at radius 3 is 2.46 bits per heavy atom. The van der Waals surface area contributed by atoms with Crippen LogP contribution in [0.25, 0.3) is 0 Å². The number of carbonyl (C=O) groups excluding carboxylic acids is 3. The molecular weight excluding hydrogens is 330 g/mol. The minimum atomic E-state index is -0.237. The van der Waals surface area contributed by atoms with Gasteiger partial charge in [0, 0.05) is 43.4 Å². The molecule has 2 aromatic rings. The number of rotatable bonds is 5. The molecule has 0 saturated carbocycles. The molecule has 0 spiro atoms. The summed E-state index contributed by atoms with van der Waals surface area (Å²) in [4.78, 5) is 37.2. The Hall–Kier alpha value is -3.15. The average molecular weight is 351 g/mol. The molecule has 1 aliphatic rings. The summed E-state index contributed by atoms with van der Waals surface area (Å²) in [6, 6.07) is 14.3. The molecule has 0 bridgehead atoms. The van der Waals surface area contributed by atoms with Crippen molar-refractivity contribution in [3.05, 3.63) is 59.7 Å². The molecule has 1 aliphatic heterocycles. The van der Waals surface area contributed by atoms with E-state index in [-0.39, 0.29) is 17.7 Å². The largest absolute Gasteiger partial charge is 0.338 e. The zero-order valence-corrected chi connectivity index (χ0v) is 14.6. The van der Waals surface area contributed by atoms with Gasteiger partial charge in [-0.15, -0.1) is 0 Å². The molecule has 0 aliphatic carbocycles. The second kappa shape index (κ2) is 7.82. The van der Waals surface area contributed by atoms with Crippen LogP contribution in [-0.2, 0) is 16.1 Å². The van der Waals surface area contributed by atoms with Crippen molar-refractivity contribution in [2.24, 2.45) is 0 Å². The Balaban J connectivity index is 1.69. The van der Waals surface area contributed by atoms with E-state index in [2.05, 4.69) is 10.6 Å². The van der Waals surface area contributed by atoms with Crippen molar-refractivity contribution in [2.75, 3.05) is 17.2 Å². The van der Waals surface area contributed by atoms with Crippen LogP contribution in [0.1, 0.15) is 35.7 Å². The number of anilines is 2. The van der Waals surface area contributed by atoms with Crippen molar-refractivity contribution in [3.8, 4) is 0 Å². The molecule has 134 valence electrons. The molecule has 1 fully saturated rings. The van der Waals surface area contributed by atoms with Gasteiger partial charge in [0.25, 0.3) is 5.91 Å². The SMILES string of the molecule is CC(=O)Nc1cccc(NC(=O)c2cccc(CN3CCCC3=O)c2)c1. The molecule has 6 heteroatoms. The molecule has 6 nitrogen and oxygen atoms in total. The molecule has 2 N–H and O–H groups in total. The van der Waals surface area contributed by atoms with E-state index in [0.29, 0.717) is 29.9 Å². The molecule has 1 heterocycles. The number of carbonyl (C=O) groups is 3. The molecule has 26 heavy (non-hydrogen) atoms. The van der Waals surface area contributed by atoms with Crippen LogP contribution in [0, 0.1) is 0 Å². The van der Waals surface area contributed by atoms with Gasteiger partial charge < -0.3 is 15.5 Å². The van der Waals surface area contributed by atoms with Gasteiger partial charge in [0.2, 0.25) is 11.8 Å². The summed E-state index contributed by atoms with van der Waals surface area (Å²) < 4.78 is 0. The Labute approximate surface area is 152 Å². The van der Waals surface area contributed by atoms with E-state index >= 15 is 0 Å². The first-order chi connectivity index (χ1) is 12.5. The summed E-state index contributed by atoms with van der Waals surface area (Å²) >= 11 is 0. The Kier molecular flexibility index (Phi) is 5.31. The van der Waals surface area contributed by atoms with Crippen molar-refractivity contribution in [1.29, 1.82) is 0 Å². The second-order valence-corrected chi connectivity index (χ2v) is 6.34. The zero-order chi connectivity index (χ0) is 18.5. The maximum Gasteiger partial charge on any atom is 0.255 e. The first-order valence-electron chi connectivity index (χ1n) is 8.57. The molecule has 3 rings (SSSR count). The summed E-state index contributed by atoms with van der Waals surface area (Å²) in [5.41, 5.74) is 2.68. The molecule has 0 atom stereocenters. The van der Waals surface area contributed by atoms with Crippen LogP contribution in [0.5, 0.6) is 0 Å². The highest BCUT2D eigenvalue weighted by atomic mass is 16.2. The van der Waals surface area contributed by atoms with E-state index < -0.39 is 0 Å². The highest BCUT2D eigenvalue weighted by Crippen LogP contribution is 2.18. The quantitative estimate of drug-likeness (QED) is 0.869. The van der Waals surface area contributed by atoms with Crippen molar-refractivity contribution in [1.82, 2.24) is 4.90 Å². The van der Waals surface area contributed by atoms with Crippen LogP contribution in [-0.4, -0.2) is 29.2 Å². The summed E-state index contributed by atoms with van der Waals surface area (Å²) in [5, 5.41) is 5.51. The minimum Gasteiger partial charge on any atom is -0.338 e. The third-order valence-corrected chi connectivity index (χ3v) is 4.17. The van der Waals surface area contributed by atoms with E-state index in [9.17, 15) is 14.4 Å². The Morgan fingerprint density at radius 2 is 1.77 bits per heavy atom. The van der Waals surface area contributed by atoms with Crippen molar-refractivity contribution in [3.63, 3.8) is 0 Å². The summed E-state index contributed by atoms with van der Waals surface area (Å²) in [6.07, 6.45) is 1.49. The fraction of sp³-hybridized carbons (Fsp3) is 0.250. The van der Waals surface area contributed by atoms with Gasteiger partial charge in [0.05, 0.1) is 0 Å². The smallest absolute Gasteiger partial charge is 0.255 e. The normalized spacial score (nSPS) is 13.6. The fourth-order valence-electron chi connectivity index (χ4n) is 2.98. The van der Waals surface area contributed by atoms with Crippen LogP contribution in [0.15, 0.2) is 48.5 Å². The number of likely N-dealkylation sites (tertiary alicyclic amines) is 1. The van der Waals surface area contributed by atoms with Gasteiger partial charge in [-0.2, -0.15) is 0 Å². The Bertz CT molecular complexity index is 848. The third-order valence-electron chi connectivity index (χ3n) is 4.17. The number of nitrogens with one attached hydrogen (secondary N) is 2. The van der Waals surface area contributed by atoms with Gasteiger partial charge in [-0.05, 0) is 42.3 Å². The van der Waals surface area contributed by atoms with Gasteiger partial charge in [0.1, 0.15) is 0 Å². The summed E-state index contributed by atoms with van der Waals surface area (Å²) in [5.74, 6) is -0.244. The van der Waals surface area contributed by atoms with Crippen molar-refractivity contribution < 1.29 is 14.4 Å². The van der Waals surface area contributed by atoms with E-state index in [1.54, 1.807) is 36.4 Å². The fourth-order valence-corrected chi connectivity index (χ4v) is 2.98. The van der Waals surface area contributed by atoms with E-state index in [0.717, 1.165) is 18.5 Å². The Morgan fingerprint density at radius 1 is 1.04 bits per heavy atom. The van der Waals surface area contributed by atoms with E-state index in [4.69, 9.17) is 0 Å². The van der Waals surface area contributed by atoms with Gasteiger partial charge in [-0.3, -0.25) is 14.4 Å². The predicted octanol–water partition coefficient (Wildman–Crippen LogP) is 3.02. The lowest BCUT2D eigenvalue weighted by Crippen LogP contribution is -2.24. The van der Waals surface area contributed by atoms with Crippen LogP contribution >= 0.6 is 0 Å². The topological polar surface area (TPSA) is 78.5 Å². The maximum atomic E-state index is 12.5. The zero-order valence-electron chi connectivity index (χ0n) is 14.6. The molecule has 0 unspecified atom stereocenters. The highest BCUT2D eigenvalue weighted by Gasteiger charge is 2.20. The van der Waals surface area contributed by atoms with Crippen LogP contribution in [0.2, 0.25) is 0 Å². The molecule has 2 aromatic carbocycles. The third kappa shape index (κ3) is 4.47. The monoisotopic (exact) mass is 351 g/mol. The molecule has 1 saturated heterocycles. The number of hydrogen-bond donors (Lipinski definition) is 2. The standard InChI is InChI=1S/C20H21N3O3/c1-14(24)21-17-7-3-8-18(12-17)22-20(26)16-6-2-5-15(11-16)13-23-10-4-9-19(23)25/h2-3,5-8,11-12H,4,9-10,13H2,1H3,(H,21,24)(H,22,26). The molecule has 0 radical (unpaired) electrons. The maximum absolute atomic E-state index is 12.5. The number of nitrogens with zero attached hydrogens (tertiary/aromatic N) is 1. The lowest BCUT2D eigenvalue weighted by molar-refractivity contribution is -0.128. The number of amides is 3. The van der Waals surface area contributed by atoms with E-state index in [1.807, 2.05) is 17.0 Å². The predicted molar refractivity (Wildman–Crippen MR) is 99.8 cm³/mol. The van der Waals surface area contributed by atoms with Gasteiger partial charge in [0.15, 0.2) is 0 Å². The van der Waals surface area contributed by atoms with Crippen molar-refractivity contribution >= 4 is 29.1 Å². The second-order valence-electron chi connectivity index (χ2n) is 6.34. The van der Waals surface area contributed by atoms with Crippen LogP contribution in [0.4, 0.5) is 11.4 Å². The van der Waals surface area contributed by atoms with Crippen LogP contribution in [0.3, 0.4) is 0 Å². The lowest BCUT2D eigenvalue weighted by atomic mass is 10.1. The number of hydrogen-bond acceptors (Lipinski definition) is 3. The van der Waals surface area contributed by atoms with Gasteiger partial charge >= 0.3 is 0 Å². The van der Waals surface area contributed by atoms with Crippen LogP contribution < -0.4 is 10.6 Å². The lowest BCUT2D eigenvalue weighted by Gasteiger charge is -2.16. The molecule has 3 amide bonds. The summed E-state index contributed by atoms with van der Waals surface area (Å²) in [7, 11) is 0. The van der Waals surface area contributed by atoms with Crippen molar-refractivity contribution in [2.45, 2.75) is 26.3 Å². The first kappa shape index (κ1) is 17.7. The molecule has 0 aromatic heterocycles. The minimum absolute atomic E-state index is 0.162. The number of benzene rings is 2. The average Bonchev–Trinajstić information content (AvgIpc) is 3.00. The van der Waals surface area contributed by atoms with Gasteiger partial charge in [-0.1, -0.05) is 18.2 Å². The highest BCUT2D eigenvalue weighted by molar-refractivity contribution is 6.04. The first-order valence-corrected chi connectivity index (χ1v) is 8.57. The van der Waals surface area contributed by atoms with E-state index in [1.165, 1.54) is 6.92 Å².